The summed E-state index contributed by atoms with van der Waals surface area (Å²) in [6, 6.07) is 3.14. The van der Waals surface area contributed by atoms with E-state index in [1.54, 1.807) is 19.1 Å². The van der Waals surface area contributed by atoms with E-state index in [2.05, 4.69) is 4.89 Å². The van der Waals surface area contributed by atoms with Crippen molar-refractivity contribution in [2.24, 2.45) is 0 Å². The Kier molecular flexibility index (Phi) is 3.61. The SMILES string of the molecule is CC(=O)OOc1ccc(Cl)c(Cl)c1C. The van der Waals surface area contributed by atoms with Crippen molar-refractivity contribution in [2.75, 3.05) is 0 Å². The van der Waals surface area contributed by atoms with Crippen molar-refractivity contribution in [3.8, 4) is 5.75 Å². The smallest absolute Gasteiger partial charge is 0.287 e. The van der Waals surface area contributed by atoms with Crippen LogP contribution in [-0.2, 0) is 9.68 Å². The van der Waals surface area contributed by atoms with Gasteiger partial charge in [-0.1, -0.05) is 23.2 Å². The molecule has 0 amide bonds. The second kappa shape index (κ2) is 4.53. The molecule has 0 aliphatic rings. The molecule has 0 unspecified atom stereocenters. The molecule has 0 N–H and O–H groups in total. The standard InChI is InChI=1S/C9H8Cl2O3/c1-5-8(14-13-6(2)12)4-3-7(10)9(5)11/h3-4H,1-2H3. The molecule has 0 aliphatic heterocycles. The molecule has 14 heavy (non-hydrogen) atoms. The van der Waals surface area contributed by atoms with Gasteiger partial charge in [0.05, 0.1) is 10.0 Å². The van der Waals surface area contributed by atoms with Crippen molar-refractivity contribution in [2.45, 2.75) is 13.8 Å². The number of carbonyl (C=O) groups excluding carboxylic acids is 1. The lowest BCUT2D eigenvalue weighted by atomic mass is 10.2. The van der Waals surface area contributed by atoms with E-state index in [1.165, 1.54) is 6.92 Å². The van der Waals surface area contributed by atoms with Crippen molar-refractivity contribution >= 4 is 29.2 Å². The van der Waals surface area contributed by atoms with Gasteiger partial charge in [-0.15, -0.1) is 0 Å². The molecule has 0 spiro atoms. The highest BCUT2D eigenvalue weighted by atomic mass is 35.5. The third-order valence-corrected chi connectivity index (χ3v) is 2.44. The van der Waals surface area contributed by atoms with Crippen LogP contribution < -0.4 is 4.89 Å². The van der Waals surface area contributed by atoms with Gasteiger partial charge in [-0.25, -0.2) is 4.79 Å². The van der Waals surface area contributed by atoms with Gasteiger partial charge < -0.3 is 0 Å². The quantitative estimate of drug-likeness (QED) is 0.583. The Bertz CT molecular complexity index is 363. The molecule has 1 aromatic carbocycles. The molecule has 0 bridgehead atoms. The van der Waals surface area contributed by atoms with Gasteiger partial charge in [0, 0.05) is 12.5 Å². The van der Waals surface area contributed by atoms with Crippen molar-refractivity contribution in [1.29, 1.82) is 0 Å². The number of hydrogen-bond acceptors (Lipinski definition) is 3. The maximum absolute atomic E-state index is 10.5. The molecule has 76 valence electrons. The van der Waals surface area contributed by atoms with Crippen LogP contribution in [0.4, 0.5) is 0 Å². The predicted octanol–water partition coefficient (Wildman–Crippen LogP) is 3.16. The minimum atomic E-state index is -0.532. The van der Waals surface area contributed by atoms with E-state index in [9.17, 15) is 4.79 Å². The van der Waals surface area contributed by atoms with Gasteiger partial charge >= 0.3 is 5.97 Å². The summed E-state index contributed by atoms with van der Waals surface area (Å²) in [6.45, 7) is 2.96. The molecule has 0 radical (unpaired) electrons. The lowest BCUT2D eigenvalue weighted by Crippen LogP contribution is -2.03. The molecule has 0 saturated heterocycles. The highest BCUT2D eigenvalue weighted by molar-refractivity contribution is 6.42. The summed E-state index contributed by atoms with van der Waals surface area (Å²) in [5.41, 5.74) is 0.625. The van der Waals surface area contributed by atoms with Gasteiger partial charge in [-0.3, -0.25) is 9.78 Å². The van der Waals surface area contributed by atoms with E-state index in [0.717, 1.165) is 0 Å². The fourth-order valence-electron chi connectivity index (χ4n) is 0.828. The first-order valence-electron chi connectivity index (χ1n) is 3.82. The monoisotopic (exact) mass is 234 g/mol. The van der Waals surface area contributed by atoms with Crippen molar-refractivity contribution in [3.63, 3.8) is 0 Å². The second-order valence-corrected chi connectivity index (χ2v) is 3.43. The zero-order chi connectivity index (χ0) is 10.7. The average molecular weight is 235 g/mol. The summed E-state index contributed by atoms with van der Waals surface area (Å²) in [5.74, 6) is -0.162. The maximum Gasteiger partial charge on any atom is 0.352 e. The average Bonchev–Trinajstić information content (AvgIpc) is 2.13. The molecule has 1 rings (SSSR count). The predicted molar refractivity (Wildman–Crippen MR) is 53.6 cm³/mol. The van der Waals surface area contributed by atoms with Crippen LogP contribution >= 0.6 is 23.2 Å². The zero-order valence-corrected chi connectivity index (χ0v) is 9.15. The van der Waals surface area contributed by atoms with E-state index < -0.39 is 5.97 Å². The molecule has 1 aromatic rings. The molecule has 0 heterocycles. The molecular weight excluding hydrogens is 227 g/mol. The zero-order valence-electron chi connectivity index (χ0n) is 7.64. The highest BCUT2D eigenvalue weighted by Crippen LogP contribution is 2.32. The van der Waals surface area contributed by atoms with Crippen molar-refractivity contribution in [3.05, 3.63) is 27.7 Å². The van der Waals surface area contributed by atoms with E-state index in [0.29, 0.717) is 21.4 Å². The van der Waals surface area contributed by atoms with Gasteiger partial charge in [-0.2, -0.15) is 0 Å². The Morgan fingerprint density at radius 1 is 1.36 bits per heavy atom. The van der Waals surface area contributed by atoms with Gasteiger partial charge in [0.25, 0.3) is 0 Å². The van der Waals surface area contributed by atoms with E-state index >= 15 is 0 Å². The first kappa shape index (κ1) is 11.1. The van der Waals surface area contributed by atoms with Crippen LogP contribution in [0.15, 0.2) is 12.1 Å². The van der Waals surface area contributed by atoms with Gasteiger partial charge in [0.1, 0.15) is 0 Å². The molecular formula is C9H8Cl2O3. The second-order valence-electron chi connectivity index (χ2n) is 2.64. The molecule has 0 fully saturated rings. The lowest BCUT2D eigenvalue weighted by Gasteiger charge is -2.07. The third kappa shape index (κ3) is 2.53. The van der Waals surface area contributed by atoms with E-state index in [4.69, 9.17) is 28.1 Å². The summed E-state index contributed by atoms with van der Waals surface area (Å²) < 4.78 is 0. The molecule has 3 nitrogen and oxygen atoms in total. The van der Waals surface area contributed by atoms with Crippen LogP contribution in [0.3, 0.4) is 0 Å². The number of carbonyl (C=O) groups is 1. The molecule has 0 aromatic heterocycles. The number of benzene rings is 1. The first-order chi connectivity index (χ1) is 6.52. The Balaban J connectivity index is 2.88. The fraction of sp³-hybridized carbons (Fsp3) is 0.222. The van der Waals surface area contributed by atoms with Crippen LogP contribution in [0.5, 0.6) is 5.75 Å². The number of rotatable bonds is 2. The van der Waals surface area contributed by atoms with Crippen LogP contribution in [0, 0.1) is 6.92 Å². The number of halogens is 2. The van der Waals surface area contributed by atoms with Gasteiger partial charge in [-0.05, 0) is 19.1 Å². The molecule has 0 aliphatic carbocycles. The van der Waals surface area contributed by atoms with E-state index in [-0.39, 0.29) is 0 Å². The van der Waals surface area contributed by atoms with Crippen LogP contribution in [0.2, 0.25) is 10.0 Å². The molecule has 5 heteroatoms. The van der Waals surface area contributed by atoms with E-state index in [1.807, 2.05) is 0 Å². The van der Waals surface area contributed by atoms with Gasteiger partial charge in [0.2, 0.25) is 0 Å². The summed E-state index contributed by atoms with van der Waals surface area (Å²) in [6.07, 6.45) is 0. The fourth-order valence-corrected chi connectivity index (χ4v) is 1.19. The Morgan fingerprint density at radius 3 is 2.57 bits per heavy atom. The topological polar surface area (TPSA) is 35.5 Å². The largest absolute Gasteiger partial charge is 0.352 e. The normalized spacial score (nSPS) is 9.71. The minimum Gasteiger partial charge on any atom is -0.287 e. The van der Waals surface area contributed by atoms with Crippen molar-refractivity contribution < 1.29 is 14.6 Å². The Morgan fingerprint density at radius 2 is 2.00 bits per heavy atom. The maximum atomic E-state index is 10.5. The summed E-state index contributed by atoms with van der Waals surface area (Å²) in [7, 11) is 0. The number of hydrogen-bond donors (Lipinski definition) is 0. The van der Waals surface area contributed by atoms with Crippen LogP contribution in [0.25, 0.3) is 0 Å². The van der Waals surface area contributed by atoms with Crippen LogP contribution in [0.1, 0.15) is 12.5 Å². The summed E-state index contributed by atoms with van der Waals surface area (Å²) >= 11 is 11.6. The van der Waals surface area contributed by atoms with Gasteiger partial charge in [0.15, 0.2) is 5.75 Å². The highest BCUT2D eigenvalue weighted by Gasteiger charge is 2.09. The Hall–Kier alpha value is -0.930. The summed E-state index contributed by atoms with van der Waals surface area (Å²) in [5, 5.41) is 0.815. The molecule has 0 atom stereocenters. The third-order valence-electron chi connectivity index (χ3n) is 1.54. The summed E-state index contributed by atoms with van der Waals surface area (Å²) in [4.78, 5) is 19.6. The Labute approximate surface area is 91.5 Å². The molecule has 0 saturated carbocycles. The minimum absolute atomic E-state index is 0.370. The van der Waals surface area contributed by atoms with Crippen LogP contribution in [-0.4, -0.2) is 5.97 Å². The first-order valence-corrected chi connectivity index (χ1v) is 4.57. The van der Waals surface area contributed by atoms with Crippen molar-refractivity contribution in [1.82, 2.24) is 0 Å². The lowest BCUT2D eigenvalue weighted by molar-refractivity contribution is -0.211.